The molecule has 5 heteroatoms. The van der Waals surface area contributed by atoms with Gasteiger partial charge in [-0.05, 0) is 18.7 Å². The van der Waals surface area contributed by atoms with E-state index < -0.39 is 12.2 Å². The van der Waals surface area contributed by atoms with Crippen LogP contribution in [0.1, 0.15) is 18.7 Å². The van der Waals surface area contributed by atoms with Crippen molar-refractivity contribution in [3.05, 3.63) is 24.2 Å². The maximum absolute atomic E-state index is 12.3. The van der Waals surface area contributed by atoms with Crippen LogP contribution in [-0.4, -0.2) is 12.7 Å². The molecule has 2 nitrogen and oxygen atoms in total. The Morgan fingerprint density at radius 3 is 2.62 bits per heavy atom. The van der Waals surface area contributed by atoms with E-state index in [1.165, 1.54) is 18.4 Å². The topological polar surface area (TPSA) is 25.2 Å². The molecule has 0 aliphatic heterocycles. The Balaban J connectivity index is 2.81. The zero-order valence-electron chi connectivity index (χ0n) is 7.06. The van der Waals surface area contributed by atoms with E-state index in [0.29, 0.717) is 0 Å². The Labute approximate surface area is 73.7 Å². The molecule has 1 N–H and O–H groups in total. The lowest BCUT2D eigenvalue weighted by Crippen LogP contribution is -2.33. The van der Waals surface area contributed by atoms with Gasteiger partial charge in [-0.2, -0.15) is 13.2 Å². The van der Waals surface area contributed by atoms with E-state index in [0.717, 1.165) is 0 Å². The number of hydrogen-bond donors (Lipinski definition) is 1. The van der Waals surface area contributed by atoms with Gasteiger partial charge in [-0.3, -0.25) is 0 Å². The van der Waals surface area contributed by atoms with Gasteiger partial charge in [0.2, 0.25) is 0 Å². The van der Waals surface area contributed by atoms with Gasteiger partial charge in [0.25, 0.3) is 0 Å². The lowest BCUT2D eigenvalue weighted by Gasteiger charge is -2.18. The molecule has 0 amide bonds. The van der Waals surface area contributed by atoms with Crippen LogP contribution in [0, 0.1) is 0 Å². The number of hydrogen-bond acceptors (Lipinski definition) is 2. The van der Waals surface area contributed by atoms with Crippen molar-refractivity contribution >= 4 is 0 Å². The molecule has 0 aliphatic carbocycles. The van der Waals surface area contributed by atoms with Crippen LogP contribution in [0.25, 0.3) is 0 Å². The van der Waals surface area contributed by atoms with E-state index in [1.807, 2.05) is 0 Å². The molecule has 1 aromatic rings. The van der Waals surface area contributed by atoms with Crippen LogP contribution in [0.4, 0.5) is 13.2 Å². The maximum Gasteiger partial charge on any atom is 0.410 e. The van der Waals surface area contributed by atoms with E-state index in [4.69, 9.17) is 4.42 Å². The van der Waals surface area contributed by atoms with Crippen molar-refractivity contribution in [1.82, 2.24) is 5.32 Å². The van der Waals surface area contributed by atoms with Crippen molar-refractivity contribution in [2.75, 3.05) is 6.54 Å². The summed E-state index contributed by atoms with van der Waals surface area (Å²) in [6.07, 6.45) is -3.08. The Morgan fingerprint density at radius 1 is 1.54 bits per heavy atom. The van der Waals surface area contributed by atoms with Crippen LogP contribution in [0.15, 0.2) is 22.8 Å². The molecule has 0 saturated carbocycles. The van der Waals surface area contributed by atoms with Crippen LogP contribution in [-0.2, 0) is 0 Å². The molecular formula is C8H10F3NO. The monoisotopic (exact) mass is 193 g/mol. The third kappa shape index (κ3) is 2.48. The molecule has 0 radical (unpaired) electrons. The molecule has 74 valence electrons. The molecule has 0 bridgehead atoms. The molecule has 0 fully saturated rings. The Hall–Kier alpha value is -0.970. The molecule has 1 atom stereocenters. The molecule has 0 aromatic carbocycles. The molecule has 1 unspecified atom stereocenters. The Morgan fingerprint density at radius 2 is 2.23 bits per heavy atom. The number of nitrogens with one attached hydrogen (secondary N) is 1. The lowest BCUT2D eigenvalue weighted by atomic mass is 10.2. The summed E-state index contributed by atoms with van der Waals surface area (Å²) >= 11 is 0. The highest BCUT2D eigenvalue weighted by Crippen LogP contribution is 2.32. The molecule has 0 aliphatic rings. The van der Waals surface area contributed by atoms with Crippen LogP contribution < -0.4 is 5.32 Å². The summed E-state index contributed by atoms with van der Waals surface area (Å²) in [6.45, 7) is 1.85. The van der Waals surface area contributed by atoms with Gasteiger partial charge in [0.05, 0.1) is 6.26 Å². The predicted octanol–water partition coefficient (Wildman–Crippen LogP) is 2.49. The first-order valence-electron chi connectivity index (χ1n) is 3.89. The smallest absolute Gasteiger partial charge is 0.410 e. The van der Waals surface area contributed by atoms with Gasteiger partial charge < -0.3 is 9.73 Å². The standard InChI is InChI=1S/C8H10F3NO/c1-2-12-7(8(9,10)11)6-4-3-5-13-6/h3-5,7,12H,2H2,1H3. The van der Waals surface area contributed by atoms with Gasteiger partial charge in [0.15, 0.2) is 6.04 Å². The third-order valence-electron chi connectivity index (χ3n) is 1.56. The normalized spacial score (nSPS) is 14.5. The van der Waals surface area contributed by atoms with Gasteiger partial charge in [0.1, 0.15) is 5.76 Å². The zero-order chi connectivity index (χ0) is 9.90. The van der Waals surface area contributed by atoms with Crippen molar-refractivity contribution in [3.63, 3.8) is 0 Å². The Kier molecular flexibility index (Phi) is 2.98. The zero-order valence-corrected chi connectivity index (χ0v) is 7.06. The van der Waals surface area contributed by atoms with Gasteiger partial charge in [-0.25, -0.2) is 0 Å². The van der Waals surface area contributed by atoms with Crippen molar-refractivity contribution in [2.24, 2.45) is 0 Å². The van der Waals surface area contributed by atoms with Crippen LogP contribution in [0.3, 0.4) is 0 Å². The molecule has 0 saturated heterocycles. The molecule has 1 rings (SSSR count). The van der Waals surface area contributed by atoms with Crippen LogP contribution in [0.2, 0.25) is 0 Å². The second-order valence-electron chi connectivity index (χ2n) is 2.55. The summed E-state index contributed by atoms with van der Waals surface area (Å²) < 4.78 is 41.7. The van der Waals surface area contributed by atoms with Crippen LogP contribution >= 0.6 is 0 Å². The first kappa shape index (κ1) is 10.1. The highest BCUT2D eigenvalue weighted by molar-refractivity contribution is 5.06. The Bertz CT molecular complexity index is 242. The summed E-state index contributed by atoms with van der Waals surface area (Å²) in [4.78, 5) is 0. The van der Waals surface area contributed by atoms with Crippen molar-refractivity contribution in [2.45, 2.75) is 19.1 Å². The summed E-state index contributed by atoms with van der Waals surface area (Å²) in [5.41, 5.74) is 0. The fourth-order valence-electron chi connectivity index (χ4n) is 1.04. The molecule has 1 aromatic heterocycles. The quantitative estimate of drug-likeness (QED) is 0.797. The molecular weight excluding hydrogens is 183 g/mol. The minimum absolute atomic E-state index is 0.102. The van der Waals surface area contributed by atoms with E-state index >= 15 is 0 Å². The minimum Gasteiger partial charge on any atom is -0.467 e. The highest BCUT2D eigenvalue weighted by Gasteiger charge is 2.41. The van der Waals surface area contributed by atoms with Gasteiger partial charge in [-0.15, -0.1) is 0 Å². The second kappa shape index (κ2) is 3.83. The van der Waals surface area contributed by atoms with Crippen molar-refractivity contribution in [1.29, 1.82) is 0 Å². The fraction of sp³-hybridized carbons (Fsp3) is 0.500. The SMILES string of the molecule is CCNC(c1ccco1)C(F)(F)F. The van der Waals surface area contributed by atoms with Crippen molar-refractivity contribution in [3.8, 4) is 0 Å². The number of halogens is 3. The summed E-state index contributed by atoms with van der Waals surface area (Å²) in [7, 11) is 0. The predicted molar refractivity (Wildman–Crippen MR) is 41.2 cm³/mol. The maximum atomic E-state index is 12.3. The van der Waals surface area contributed by atoms with E-state index in [9.17, 15) is 13.2 Å². The fourth-order valence-corrected chi connectivity index (χ4v) is 1.04. The molecule has 1 heterocycles. The second-order valence-corrected chi connectivity index (χ2v) is 2.55. The summed E-state index contributed by atoms with van der Waals surface area (Å²) in [5, 5.41) is 2.31. The largest absolute Gasteiger partial charge is 0.467 e. The minimum atomic E-state index is -4.31. The third-order valence-corrected chi connectivity index (χ3v) is 1.56. The number of rotatable bonds is 3. The number of alkyl halides is 3. The first-order valence-corrected chi connectivity index (χ1v) is 3.89. The van der Waals surface area contributed by atoms with Crippen LogP contribution in [0.5, 0.6) is 0 Å². The lowest BCUT2D eigenvalue weighted by molar-refractivity contribution is -0.161. The number of furan rings is 1. The van der Waals surface area contributed by atoms with Gasteiger partial charge in [0, 0.05) is 0 Å². The van der Waals surface area contributed by atoms with Crippen molar-refractivity contribution < 1.29 is 17.6 Å². The van der Waals surface area contributed by atoms with Gasteiger partial charge >= 0.3 is 6.18 Å². The van der Waals surface area contributed by atoms with E-state index in [1.54, 1.807) is 6.92 Å². The summed E-state index contributed by atoms with van der Waals surface area (Å²) in [6, 6.07) is 1.04. The van der Waals surface area contributed by atoms with E-state index in [2.05, 4.69) is 5.32 Å². The average molecular weight is 193 g/mol. The average Bonchev–Trinajstić information content (AvgIpc) is 2.49. The summed E-state index contributed by atoms with van der Waals surface area (Å²) in [5.74, 6) is -0.102. The first-order chi connectivity index (χ1) is 6.05. The van der Waals surface area contributed by atoms with Gasteiger partial charge in [-0.1, -0.05) is 6.92 Å². The molecule has 0 spiro atoms. The molecule has 13 heavy (non-hydrogen) atoms. The highest BCUT2D eigenvalue weighted by atomic mass is 19.4. The van der Waals surface area contributed by atoms with E-state index in [-0.39, 0.29) is 12.3 Å².